The molecule has 0 aromatic heterocycles. The number of hydrazine groups is 1. The van der Waals surface area contributed by atoms with Crippen molar-refractivity contribution in [3.05, 3.63) is 52.2 Å². The van der Waals surface area contributed by atoms with Crippen LogP contribution in [-0.2, 0) is 9.31 Å². The summed E-state index contributed by atoms with van der Waals surface area (Å²) in [4.78, 5) is 4.74. The van der Waals surface area contributed by atoms with Crippen molar-refractivity contribution >= 4 is 30.0 Å². The van der Waals surface area contributed by atoms with Crippen molar-refractivity contribution in [2.75, 3.05) is 6.61 Å². The smallest absolute Gasteiger partial charge is 0.399 e. The number of nitrogens with one attached hydrogen (secondary N) is 1. The summed E-state index contributed by atoms with van der Waals surface area (Å²) in [5.74, 6) is 0.725. The van der Waals surface area contributed by atoms with E-state index in [1.807, 2.05) is 64.0 Å². The first kappa shape index (κ1) is 19.5. The molecule has 2 N–H and O–H groups in total. The zero-order valence-corrected chi connectivity index (χ0v) is 17.5. The van der Waals surface area contributed by atoms with Gasteiger partial charge in [-0.1, -0.05) is 29.8 Å². The van der Waals surface area contributed by atoms with E-state index in [0.29, 0.717) is 5.03 Å². The molecule has 6 nitrogen and oxygen atoms in total. The first-order valence-electron chi connectivity index (χ1n) is 9.40. The minimum absolute atomic E-state index is 0.0765. The van der Waals surface area contributed by atoms with E-state index in [0.717, 1.165) is 28.0 Å². The first-order valence-corrected chi connectivity index (χ1v) is 9.78. The molecule has 0 spiro atoms. The number of aliphatic hydroxyl groups excluding tert-OH is 1. The zero-order valence-electron chi connectivity index (χ0n) is 16.8. The highest BCUT2D eigenvalue weighted by atomic mass is 35.5. The molecule has 0 aliphatic carbocycles. The van der Waals surface area contributed by atoms with Crippen LogP contribution in [0.5, 0.6) is 0 Å². The maximum absolute atomic E-state index is 9.41. The second-order valence-electron chi connectivity index (χ2n) is 8.37. The van der Waals surface area contributed by atoms with Crippen molar-refractivity contribution in [3.63, 3.8) is 0 Å². The van der Waals surface area contributed by atoms with Crippen LogP contribution < -0.4 is 10.9 Å². The Morgan fingerprint density at radius 3 is 2.57 bits per heavy atom. The van der Waals surface area contributed by atoms with Crippen LogP contribution in [0.15, 0.2) is 46.1 Å². The molecule has 3 aliphatic heterocycles. The van der Waals surface area contributed by atoms with Gasteiger partial charge < -0.3 is 14.4 Å². The van der Waals surface area contributed by atoms with Gasteiger partial charge in [0.1, 0.15) is 5.84 Å². The number of fused-ring (bicyclic) bond motifs is 1. The highest BCUT2D eigenvalue weighted by Crippen LogP contribution is 2.37. The Morgan fingerprint density at radius 2 is 1.93 bits per heavy atom. The first-order chi connectivity index (χ1) is 13.1. The van der Waals surface area contributed by atoms with Gasteiger partial charge >= 0.3 is 7.12 Å². The van der Waals surface area contributed by atoms with Gasteiger partial charge in [0, 0.05) is 11.8 Å². The van der Waals surface area contributed by atoms with Crippen molar-refractivity contribution in [3.8, 4) is 0 Å². The molecule has 4 rings (SSSR count). The van der Waals surface area contributed by atoms with Crippen molar-refractivity contribution in [1.29, 1.82) is 0 Å². The molecule has 3 aliphatic rings. The minimum Gasteiger partial charge on any atom is -0.399 e. The summed E-state index contributed by atoms with van der Waals surface area (Å²) in [5.41, 5.74) is 6.21. The van der Waals surface area contributed by atoms with Gasteiger partial charge in [-0.3, -0.25) is 10.4 Å². The number of hydrogen-bond acceptors (Lipinski definition) is 6. The number of halogens is 1. The molecule has 1 unspecified atom stereocenters. The van der Waals surface area contributed by atoms with Gasteiger partial charge in [0.25, 0.3) is 0 Å². The summed E-state index contributed by atoms with van der Waals surface area (Å²) in [6.07, 6.45) is 3.25. The third kappa shape index (κ3) is 3.07. The van der Waals surface area contributed by atoms with Crippen molar-refractivity contribution in [2.45, 2.75) is 52.0 Å². The minimum atomic E-state index is -0.432. The van der Waals surface area contributed by atoms with Crippen LogP contribution in [-0.4, -0.2) is 47.0 Å². The largest absolute Gasteiger partial charge is 0.495 e. The summed E-state index contributed by atoms with van der Waals surface area (Å²) in [5, 5.41) is 11.8. The SMILES string of the molecule is Cc1c(B2OC(C)(C)C(C)(C)O2)cccc1C1=NC2C(Cl)=CC(CO)=CN2N1. The van der Waals surface area contributed by atoms with E-state index in [-0.39, 0.29) is 12.8 Å². The molecule has 1 saturated heterocycles. The van der Waals surface area contributed by atoms with E-state index < -0.39 is 18.3 Å². The fourth-order valence-corrected chi connectivity index (χ4v) is 3.81. The molecule has 28 heavy (non-hydrogen) atoms. The number of aliphatic hydroxyl groups is 1. The average Bonchev–Trinajstić information content (AvgIpc) is 3.13. The fourth-order valence-electron chi connectivity index (χ4n) is 3.51. The second-order valence-corrected chi connectivity index (χ2v) is 8.81. The second kappa shape index (κ2) is 6.63. The predicted octanol–water partition coefficient (Wildman–Crippen LogP) is 2.20. The summed E-state index contributed by atoms with van der Waals surface area (Å²) < 4.78 is 12.5. The topological polar surface area (TPSA) is 66.3 Å². The lowest BCUT2D eigenvalue weighted by Crippen LogP contribution is -2.41. The summed E-state index contributed by atoms with van der Waals surface area (Å²) in [7, 11) is -0.432. The van der Waals surface area contributed by atoms with E-state index in [2.05, 4.69) is 5.43 Å². The van der Waals surface area contributed by atoms with Crippen molar-refractivity contribution in [2.24, 2.45) is 4.99 Å². The van der Waals surface area contributed by atoms with Crippen LogP contribution >= 0.6 is 11.6 Å². The number of hydrogen-bond donors (Lipinski definition) is 2. The molecule has 1 aromatic carbocycles. The van der Waals surface area contributed by atoms with E-state index in [9.17, 15) is 5.11 Å². The quantitative estimate of drug-likeness (QED) is 0.760. The van der Waals surface area contributed by atoms with Gasteiger partial charge in [0.2, 0.25) is 0 Å². The van der Waals surface area contributed by atoms with Gasteiger partial charge in [-0.2, -0.15) is 0 Å². The van der Waals surface area contributed by atoms with Gasteiger partial charge in [-0.05, 0) is 57.3 Å². The fraction of sp³-hybridized carbons (Fsp3) is 0.450. The maximum atomic E-state index is 9.41. The molecule has 148 valence electrons. The Hall–Kier alpha value is -1.80. The van der Waals surface area contributed by atoms with E-state index in [1.54, 1.807) is 6.08 Å². The summed E-state index contributed by atoms with van der Waals surface area (Å²) in [6.45, 7) is 10.2. The lowest BCUT2D eigenvalue weighted by atomic mass is 9.75. The third-order valence-electron chi connectivity index (χ3n) is 5.95. The summed E-state index contributed by atoms with van der Waals surface area (Å²) >= 11 is 6.36. The van der Waals surface area contributed by atoms with Crippen molar-refractivity contribution in [1.82, 2.24) is 10.4 Å². The van der Waals surface area contributed by atoms with Crippen LogP contribution in [0.2, 0.25) is 0 Å². The maximum Gasteiger partial charge on any atom is 0.495 e. The Bertz CT molecular complexity index is 894. The highest BCUT2D eigenvalue weighted by molar-refractivity contribution is 6.62. The molecule has 8 heteroatoms. The lowest BCUT2D eigenvalue weighted by molar-refractivity contribution is 0.00578. The monoisotopic (exact) mass is 401 g/mol. The van der Waals surface area contributed by atoms with Crippen LogP contribution in [0.25, 0.3) is 0 Å². The van der Waals surface area contributed by atoms with Gasteiger partial charge in [0.15, 0.2) is 6.17 Å². The zero-order chi connectivity index (χ0) is 20.3. The van der Waals surface area contributed by atoms with Crippen LogP contribution in [0.3, 0.4) is 0 Å². The molecule has 0 amide bonds. The molecule has 1 aromatic rings. The Labute approximate surface area is 171 Å². The van der Waals surface area contributed by atoms with E-state index in [1.165, 1.54) is 0 Å². The molecular weight excluding hydrogens is 377 g/mol. The third-order valence-corrected chi connectivity index (χ3v) is 6.25. The lowest BCUT2D eigenvalue weighted by Gasteiger charge is -2.32. The Balaban J connectivity index is 1.65. The normalized spacial score (nSPS) is 25.1. The van der Waals surface area contributed by atoms with Gasteiger partial charge in [-0.25, -0.2) is 4.99 Å². The number of aliphatic imine (C=N–C) groups is 1. The predicted molar refractivity (Wildman–Crippen MR) is 111 cm³/mol. The standard InChI is InChI=1S/C20H25BClN3O3/c1-12-14(17-23-18-16(22)9-13(11-26)10-25(18)24-17)7-6-8-15(12)21-27-19(2,3)20(4,5)28-21/h6-10,18,26H,11H2,1-5H3,(H,23,24). The number of benzene rings is 1. The average molecular weight is 402 g/mol. The van der Waals surface area contributed by atoms with E-state index >= 15 is 0 Å². The molecule has 3 heterocycles. The van der Waals surface area contributed by atoms with Crippen LogP contribution in [0.4, 0.5) is 0 Å². The van der Waals surface area contributed by atoms with Crippen LogP contribution in [0.1, 0.15) is 38.8 Å². The molecule has 0 bridgehead atoms. The summed E-state index contributed by atoms with van der Waals surface area (Å²) in [6, 6.07) is 6.03. The highest BCUT2D eigenvalue weighted by Gasteiger charge is 2.52. The van der Waals surface area contributed by atoms with Gasteiger partial charge in [-0.15, -0.1) is 0 Å². The molecular formula is C20H25BClN3O3. The Kier molecular flexibility index (Phi) is 4.62. The Morgan fingerprint density at radius 1 is 1.25 bits per heavy atom. The number of nitrogens with zero attached hydrogens (tertiary/aromatic N) is 2. The number of rotatable bonds is 3. The molecule has 0 radical (unpaired) electrons. The van der Waals surface area contributed by atoms with Crippen LogP contribution in [0, 0.1) is 6.92 Å². The van der Waals surface area contributed by atoms with E-state index in [4.69, 9.17) is 25.9 Å². The molecule has 1 atom stereocenters. The van der Waals surface area contributed by atoms with Gasteiger partial charge in [0.05, 0.1) is 22.8 Å². The number of amidine groups is 1. The van der Waals surface area contributed by atoms with Crippen molar-refractivity contribution < 1.29 is 14.4 Å². The molecule has 0 saturated carbocycles. The molecule has 1 fully saturated rings.